The van der Waals surface area contributed by atoms with Gasteiger partial charge in [0.05, 0.1) is 16.8 Å². The van der Waals surface area contributed by atoms with Gasteiger partial charge in [-0.3, -0.25) is 9.52 Å². The number of amides is 1. The molecule has 0 atom stereocenters. The van der Waals surface area contributed by atoms with E-state index in [4.69, 9.17) is 0 Å². The molecule has 1 aromatic heterocycles. The predicted molar refractivity (Wildman–Crippen MR) is 105 cm³/mol. The third kappa shape index (κ3) is 4.39. The molecule has 1 amide bonds. The van der Waals surface area contributed by atoms with Gasteiger partial charge < -0.3 is 9.80 Å². The van der Waals surface area contributed by atoms with Crippen LogP contribution in [0.25, 0.3) is 0 Å². The summed E-state index contributed by atoms with van der Waals surface area (Å²) in [5.74, 6) is 0.853. The number of nitrogens with zero attached hydrogens (tertiary/aromatic N) is 3. The Bertz CT molecular complexity index is 934. The number of piperazine rings is 1. The number of nitrogens with one attached hydrogen (secondary N) is 1. The van der Waals surface area contributed by atoms with E-state index in [1.54, 1.807) is 37.3 Å². The molecular formula is C19H24N4O3S. The molecule has 1 fully saturated rings. The summed E-state index contributed by atoms with van der Waals surface area (Å²) in [6.45, 7) is 8.15. The SMILES string of the molecule is CC(=O)N1CCN(c2ccc(NS(=O)(=O)c3ccc(C)c(C)c3)cn2)CC1. The summed E-state index contributed by atoms with van der Waals surface area (Å²) in [5, 5.41) is 0. The van der Waals surface area contributed by atoms with Crippen LogP contribution in [0, 0.1) is 13.8 Å². The molecule has 2 aromatic rings. The van der Waals surface area contributed by atoms with Gasteiger partial charge in [0, 0.05) is 33.1 Å². The maximum absolute atomic E-state index is 12.6. The van der Waals surface area contributed by atoms with Crippen LogP contribution in [0.15, 0.2) is 41.4 Å². The van der Waals surface area contributed by atoms with Gasteiger partial charge in [-0.1, -0.05) is 6.07 Å². The lowest BCUT2D eigenvalue weighted by atomic mass is 10.1. The predicted octanol–water partition coefficient (Wildman–Crippen LogP) is 2.17. The summed E-state index contributed by atoms with van der Waals surface area (Å²) in [6.07, 6.45) is 1.52. The van der Waals surface area contributed by atoms with Crippen molar-refractivity contribution in [1.82, 2.24) is 9.88 Å². The number of pyridine rings is 1. The average Bonchev–Trinajstić information content (AvgIpc) is 2.64. The van der Waals surface area contributed by atoms with Crippen LogP contribution >= 0.6 is 0 Å². The number of rotatable bonds is 4. The number of hydrogen-bond acceptors (Lipinski definition) is 5. The molecule has 7 nitrogen and oxygen atoms in total. The lowest BCUT2D eigenvalue weighted by Gasteiger charge is -2.34. The number of carbonyl (C=O) groups is 1. The van der Waals surface area contributed by atoms with Crippen LogP contribution in [0.2, 0.25) is 0 Å². The minimum Gasteiger partial charge on any atom is -0.353 e. The first-order valence-electron chi connectivity index (χ1n) is 8.83. The van der Waals surface area contributed by atoms with Crippen molar-refractivity contribution in [1.29, 1.82) is 0 Å². The summed E-state index contributed by atoms with van der Waals surface area (Å²) in [6, 6.07) is 8.56. The topological polar surface area (TPSA) is 82.6 Å². The van der Waals surface area contributed by atoms with Crippen molar-refractivity contribution < 1.29 is 13.2 Å². The Hall–Kier alpha value is -2.61. The van der Waals surface area contributed by atoms with Crippen molar-refractivity contribution >= 4 is 27.4 Å². The Morgan fingerprint density at radius 1 is 1.04 bits per heavy atom. The van der Waals surface area contributed by atoms with E-state index < -0.39 is 10.0 Å². The zero-order valence-corrected chi connectivity index (χ0v) is 16.6. The van der Waals surface area contributed by atoms with Gasteiger partial charge in [-0.15, -0.1) is 0 Å². The fraction of sp³-hybridized carbons (Fsp3) is 0.368. The molecule has 0 spiro atoms. The molecular weight excluding hydrogens is 364 g/mol. The minimum absolute atomic E-state index is 0.0821. The van der Waals surface area contributed by atoms with Crippen LogP contribution < -0.4 is 9.62 Å². The zero-order valence-electron chi connectivity index (χ0n) is 15.8. The van der Waals surface area contributed by atoms with E-state index in [1.165, 1.54) is 6.20 Å². The first-order valence-corrected chi connectivity index (χ1v) is 10.3. The molecule has 1 N–H and O–H groups in total. The van der Waals surface area contributed by atoms with Gasteiger partial charge >= 0.3 is 0 Å². The highest BCUT2D eigenvalue weighted by Crippen LogP contribution is 2.20. The fourth-order valence-electron chi connectivity index (χ4n) is 2.98. The Kier molecular flexibility index (Phi) is 5.36. The molecule has 144 valence electrons. The molecule has 27 heavy (non-hydrogen) atoms. The highest BCUT2D eigenvalue weighted by Gasteiger charge is 2.20. The Labute approximate surface area is 160 Å². The smallest absolute Gasteiger partial charge is 0.261 e. The second-order valence-corrected chi connectivity index (χ2v) is 8.43. The van der Waals surface area contributed by atoms with Crippen molar-refractivity contribution in [3.63, 3.8) is 0 Å². The van der Waals surface area contributed by atoms with Gasteiger partial charge in [0.15, 0.2) is 0 Å². The first kappa shape index (κ1) is 19.2. The molecule has 0 unspecified atom stereocenters. The first-order chi connectivity index (χ1) is 12.8. The van der Waals surface area contributed by atoms with E-state index in [-0.39, 0.29) is 10.8 Å². The second kappa shape index (κ2) is 7.56. The number of anilines is 2. The monoisotopic (exact) mass is 388 g/mol. The van der Waals surface area contributed by atoms with Crippen LogP contribution in [0.1, 0.15) is 18.1 Å². The molecule has 1 aliphatic heterocycles. The summed E-state index contributed by atoms with van der Waals surface area (Å²) >= 11 is 0. The zero-order chi connectivity index (χ0) is 19.6. The second-order valence-electron chi connectivity index (χ2n) is 6.75. The van der Waals surface area contributed by atoms with Gasteiger partial charge in [-0.05, 0) is 49.2 Å². The van der Waals surface area contributed by atoms with Gasteiger partial charge in [-0.25, -0.2) is 13.4 Å². The van der Waals surface area contributed by atoms with Crippen LogP contribution in [0.5, 0.6) is 0 Å². The minimum atomic E-state index is -3.65. The largest absolute Gasteiger partial charge is 0.353 e. The Balaban J connectivity index is 1.68. The summed E-state index contributed by atoms with van der Waals surface area (Å²) in [5.41, 5.74) is 2.39. The molecule has 1 saturated heterocycles. The van der Waals surface area contributed by atoms with Crippen molar-refractivity contribution in [2.75, 3.05) is 35.8 Å². The van der Waals surface area contributed by atoms with Gasteiger partial charge in [0.2, 0.25) is 5.91 Å². The van der Waals surface area contributed by atoms with E-state index in [1.807, 2.05) is 18.7 Å². The molecule has 2 heterocycles. The maximum atomic E-state index is 12.6. The van der Waals surface area contributed by atoms with Crippen LogP contribution in [-0.2, 0) is 14.8 Å². The third-order valence-corrected chi connectivity index (χ3v) is 6.22. The highest BCUT2D eigenvalue weighted by atomic mass is 32.2. The molecule has 1 aliphatic rings. The Morgan fingerprint density at radius 2 is 1.74 bits per heavy atom. The summed E-state index contributed by atoms with van der Waals surface area (Å²) < 4.78 is 27.7. The van der Waals surface area contributed by atoms with Crippen LogP contribution in [0.4, 0.5) is 11.5 Å². The van der Waals surface area contributed by atoms with Crippen molar-refractivity contribution in [2.24, 2.45) is 0 Å². The number of hydrogen-bond donors (Lipinski definition) is 1. The number of sulfonamides is 1. The summed E-state index contributed by atoms with van der Waals surface area (Å²) in [4.78, 5) is 19.9. The van der Waals surface area contributed by atoms with E-state index in [0.717, 1.165) is 16.9 Å². The van der Waals surface area contributed by atoms with Crippen LogP contribution in [-0.4, -0.2) is 50.4 Å². The van der Waals surface area contributed by atoms with E-state index in [9.17, 15) is 13.2 Å². The molecule has 1 aromatic carbocycles. The molecule has 0 bridgehead atoms. The van der Waals surface area contributed by atoms with Crippen molar-refractivity contribution in [3.05, 3.63) is 47.7 Å². The van der Waals surface area contributed by atoms with E-state index in [2.05, 4.69) is 14.6 Å². The summed E-state index contributed by atoms with van der Waals surface area (Å²) in [7, 11) is -3.65. The van der Waals surface area contributed by atoms with Gasteiger partial charge in [0.25, 0.3) is 10.0 Å². The number of aromatic nitrogens is 1. The molecule has 3 rings (SSSR count). The molecule has 0 aliphatic carbocycles. The normalized spacial score (nSPS) is 14.9. The van der Waals surface area contributed by atoms with E-state index >= 15 is 0 Å². The number of benzene rings is 1. The molecule has 8 heteroatoms. The van der Waals surface area contributed by atoms with Gasteiger partial charge in [0.1, 0.15) is 5.82 Å². The lowest BCUT2D eigenvalue weighted by molar-refractivity contribution is -0.129. The van der Waals surface area contributed by atoms with Crippen LogP contribution in [0.3, 0.4) is 0 Å². The lowest BCUT2D eigenvalue weighted by Crippen LogP contribution is -2.48. The average molecular weight is 388 g/mol. The third-order valence-electron chi connectivity index (χ3n) is 4.84. The Morgan fingerprint density at radius 3 is 2.30 bits per heavy atom. The van der Waals surface area contributed by atoms with Gasteiger partial charge in [-0.2, -0.15) is 0 Å². The maximum Gasteiger partial charge on any atom is 0.261 e. The quantitative estimate of drug-likeness (QED) is 0.868. The van der Waals surface area contributed by atoms with E-state index in [0.29, 0.717) is 31.9 Å². The molecule has 0 saturated carbocycles. The van der Waals surface area contributed by atoms with Crippen molar-refractivity contribution in [3.8, 4) is 0 Å². The number of aryl methyl sites for hydroxylation is 2. The number of carbonyl (C=O) groups excluding carboxylic acids is 1. The highest BCUT2D eigenvalue weighted by molar-refractivity contribution is 7.92. The fourth-order valence-corrected chi connectivity index (χ4v) is 4.11. The van der Waals surface area contributed by atoms with Crippen molar-refractivity contribution in [2.45, 2.75) is 25.7 Å². The standard InChI is InChI=1S/C19H24N4O3S/c1-14-4-6-18(12-15(14)2)27(25,26)21-17-5-7-19(20-13-17)23-10-8-22(9-11-23)16(3)24/h4-7,12-13,21H,8-11H2,1-3H3. The molecule has 0 radical (unpaired) electrons.